The lowest BCUT2D eigenvalue weighted by molar-refractivity contribution is 1.07. The molecule has 0 amide bonds. The number of fused-ring (bicyclic) bond motifs is 10. The highest BCUT2D eigenvalue weighted by molar-refractivity contribution is 6.26. The highest BCUT2D eigenvalue weighted by Gasteiger charge is 2.22. The van der Waals surface area contributed by atoms with Gasteiger partial charge in [0.25, 0.3) is 0 Å². The Hall–Kier alpha value is -9.26. The Morgan fingerprint density at radius 2 is 0.676 bits per heavy atom. The second-order valence-corrected chi connectivity index (χ2v) is 17.5. The summed E-state index contributed by atoms with van der Waals surface area (Å²) in [5, 5.41) is 16.9. The van der Waals surface area contributed by atoms with E-state index in [0.717, 1.165) is 73.1 Å². The molecule has 4 aromatic heterocycles. The predicted octanol–water partition coefficient (Wildman–Crippen LogP) is 15.6. The highest BCUT2D eigenvalue weighted by atomic mass is 15.3. The molecule has 0 atom stereocenters. The zero-order chi connectivity index (χ0) is 44.7. The van der Waals surface area contributed by atoms with Gasteiger partial charge in [-0.2, -0.15) is 0 Å². The van der Waals surface area contributed by atoms with Gasteiger partial charge in [-0.05, 0) is 102 Å². The maximum atomic E-state index is 4.84. The first-order valence-corrected chi connectivity index (χ1v) is 23.1. The minimum Gasteiger partial charge on any atom is -0.309 e. The molecule has 0 unspecified atom stereocenters. The molecule has 0 fully saturated rings. The summed E-state index contributed by atoms with van der Waals surface area (Å²) >= 11 is 0. The van der Waals surface area contributed by atoms with Gasteiger partial charge in [-0.1, -0.05) is 152 Å². The molecular weight excluding hydrogens is 829 g/mol. The number of benzene rings is 10. The van der Waals surface area contributed by atoms with Crippen LogP contribution >= 0.6 is 0 Å². The van der Waals surface area contributed by atoms with E-state index in [-0.39, 0.29) is 0 Å². The largest absolute Gasteiger partial charge is 0.309 e. The fourth-order valence-electron chi connectivity index (χ4n) is 10.7. The van der Waals surface area contributed by atoms with Crippen molar-refractivity contribution >= 4 is 65.4 Å². The van der Waals surface area contributed by atoms with Gasteiger partial charge >= 0.3 is 0 Å². The SMILES string of the molecule is c1ccc(-c2nnc(-c3ccc4c(c3)c3ccccc3n4-c3cccc(-c4cccc(-n5c6ccccc6c6c5ccc5c7ccccc7n(-c7ccccc7)c56)c4)c3)n2-c2ccccc2)cc1. The van der Waals surface area contributed by atoms with Crippen molar-refractivity contribution in [3.8, 4) is 56.7 Å². The minimum atomic E-state index is 0.793. The van der Waals surface area contributed by atoms with Crippen LogP contribution in [0, 0.1) is 0 Å². The topological polar surface area (TPSA) is 45.5 Å². The Bertz CT molecular complexity index is 4250. The Labute approximate surface area is 391 Å². The second kappa shape index (κ2) is 15.2. The zero-order valence-electron chi connectivity index (χ0n) is 36.8. The molecule has 0 N–H and O–H groups in total. The van der Waals surface area contributed by atoms with Crippen molar-refractivity contribution in [2.24, 2.45) is 0 Å². The predicted molar refractivity (Wildman–Crippen MR) is 281 cm³/mol. The first kappa shape index (κ1) is 38.1. The number of rotatable bonds is 7. The molecule has 0 aliphatic carbocycles. The van der Waals surface area contributed by atoms with E-state index in [1.165, 1.54) is 49.0 Å². The average molecular weight is 869 g/mol. The van der Waals surface area contributed by atoms with E-state index in [1.807, 2.05) is 24.3 Å². The molecule has 0 aliphatic heterocycles. The van der Waals surface area contributed by atoms with Crippen LogP contribution in [0.1, 0.15) is 0 Å². The molecule has 14 aromatic rings. The summed E-state index contributed by atoms with van der Waals surface area (Å²) < 4.78 is 9.44. The summed E-state index contributed by atoms with van der Waals surface area (Å²) in [6.07, 6.45) is 0. The third-order valence-corrected chi connectivity index (χ3v) is 13.7. The lowest BCUT2D eigenvalue weighted by Gasteiger charge is -2.13. The second-order valence-electron chi connectivity index (χ2n) is 17.5. The van der Waals surface area contributed by atoms with E-state index in [9.17, 15) is 0 Å². The van der Waals surface area contributed by atoms with Gasteiger partial charge in [0.2, 0.25) is 0 Å². The molecule has 0 spiro atoms. The summed E-state index contributed by atoms with van der Waals surface area (Å²) in [7, 11) is 0. The van der Waals surface area contributed by atoms with E-state index in [4.69, 9.17) is 10.2 Å². The molecule has 4 heterocycles. The van der Waals surface area contributed by atoms with Crippen LogP contribution in [0.5, 0.6) is 0 Å². The van der Waals surface area contributed by atoms with Gasteiger partial charge in [-0.15, -0.1) is 10.2 Å². The van der Waals surface area contributed by atoms with Crippen molar-refractivity contribution in [2.75, 3.05) is 0 Å². The summed E-state index contributed by atoms with van der Waals surface area (Å²) in [6, 6.07) is 87.0. The Kier molecular flexibility index (Phi) is 8.48. The van der Waals surface area contributed by atoms with Gasteiger partial charge in [0.05, 0.1) is 33.1 Å². The molecule has 0 radical (unpaired) electrons. The smallest absolute Gasteiger partial charge is 0.168 e. The number of hydrogen-bond donors (Lipinski definition) is 0. The molecule has 318 valence electrons. The molecular formula is C62H40N6. The van der Waals surface area contributed by atoms with Crippen molar-refractivity contribution < 1.29 is 0 Å². The van der Waals surface area contributed by atoms with Gasteiger partial charge in [0.1, 0.15) is 0 Å². The molecule has 0 saturated carbocycles. The van der Waals surface area contributed by atoms with E-state index in [1.54, 1.807) is 0 Å². The molecule has 6 heteroatoms. The maximum Gasteiger partial charge on any atom is 0.168 e. The highest BCUT2D eigenvalue weighted by Crippen LogP contribution is 2.43. The Morgan fingerprint density at radius 1 is 0.235 bits per heavy atom. The standard InChI is InChI=1S/C62H40N6/c1-4-18-41(19-5-1)61-63-64-62(68(61)46-24-8-3-9-25-46)44-34-36-57-53(40-44)50-29-11-13-31-54(50)65(57)47-26-16-20-42(38-47)43-21-17-27-48(39-43)66-56-33-15-12-30-52(56)59-58(66)37-35-51-49-28-10-14-32-55(49)67(60(51)59)45-22-6-2-7-23-45/h1-40H. The van der Waals surface area contributed by atoms with Gasteiger partial charge < -0.3 is 13.7 Å². The van der Waals surface area contributed by atoms with Crippen molar-refractivity contribution in [1.29, 1.82) is 0 Å². The lowest BCUT2D eigenvalue weighted by atomic mass is 10.0. The van der Waals surface area contributed by atoms with Gasteiger partial charge in [0.15, 0.2) is 11.6 Å². The van der Waals surface area contributed by atoms with Crippen LogP contribution in [0.4, 0.5) is 0 Å². The average Bonchev–Trinajstić information content (AvgIpc) is 4.18. The molecule has 0 saturated heterocycles. The monoisotopic (exact) mass is 868 g/mol. The summed E-state index contributed by atoms with van der Waals surface area (Å²) in [5.41, 5.74) is 15.7. The molecule has 0 bridgehead atoms. The third-order valence-electron chi connectivity index (χ3n) is 13.7. The van der Waals surface area contributed by atoms with E-state index >= 15 is 0 Å². The number of aromatic nitrogens is 6. The van der Waals surface area contributed by atoms with Crippen LogP contribution in [0.3, 0.4) is 0 Å². The Balaban J connectivity index is 0.909. The van der Waals surface area contributed by atoms with Crippen molar-refractivity contribution in [3.63, 3.8) is 0 Å². The minimum absolute atomic E-state index is 0.793. The number of nitrogens with zero attached hydrogens (tertiary/aromatic N) is 6. The van der Waals surface area contributed by atoms with Crippen LogP contribution in [0.2, 0.25) is 0 Å². The van der Waals surface area contributed by atoms with E-state index in [0.29, 0.717) is 0 Å². The van der Waals surface area contributed by atoms with Gasteiger partial charge in [-0.25, -0.2) is 0 Å². The first-order valence-electron chi connectivity index (χ1n) is 23.1. The first-order chi connectivity index (χ1) is 33.8. The van der Waals surface area contributed by atoms with Crippen molar-refractivity contribution in [1.82, 2.24) is 28.5 Å². The van der Waals surface area contributed by atoms with Crippen LogP contribution in [-0.2, 0) is 0 Å². The summed E-state index contributed by atoms with van der Waals surface area (Å²) in [4.78, 5) is 0. The molecule has 14 rings (SSSR count). The summed E-state index contributed by atoms with van der Waals surface area (Å²) in [6.45, 7) is 0. The van der Waals surface area contributed by atoms with Crippen LogP contribution in [0.25, 0.3) is 122 Å². The lowest BCUT2D eigenvalue weighted by Crippen LogP contribution is -2.00. The zero-order valence-corrected chi connectivity index (χ0v) is 36.8. The van der Waals surface area contributed by atoms with Gasteiger partial charge in [-0.3, -0.25) is 4.57 Å². The van der Waals surface area contributed by atoms with Crippen LogP contribution in [-0.4, -0.2) is 28.5 Å². The number of hydrogen-bond acceptors (Lipinski definition) is 2. The van der Waals surface area contributed by atoms with Crippen molar-refractivity contribution in [2.45, 2.75) is 0 Å². The summed E-state index contributed by atoms with van der Waals surface area (Å²) in [5.74, 6) is 1.60. The molecule has 0 aliphatic rings. The fourth-order valence-corrected chi connectivity index (χ4v) is 10.7. The molecule has 68 heavy (non-hydrogen) atoms. The third kappa shape index (κ3) is 5.77. The van der Waals surface area contributed by atoms with E-state index < -0.39 is 0 Å². The van der Waals surface area contributed by atoms with Crippen LogP contribution in [0.15, 0.2) is 243 Å². The van der Waals surface area contributed by atoms with Crippen molar-refractivity contribution in [3.05, 3.63) is 243 Å². The normalized spacial score (nSPS) is 11.8. The van der Waals surface area contributed by atoms with Crippen LogP contribution < -0.4 is 0 Å². The van der Waals surface area contributed by atoms with E-state index in [2.05, 4.69) is 237 Å². The number of para-hydroxylation sites is 5. The Morgan fingerprint density at radius 3 is 1.32 bits per heavy atom. The van der Waals surface area contributed by atoms with Gasteiger partial charge in [0, 0.05) is 66.2 Å². The fraction of sp³-hybridized carbons (Fsp3) is 0. The molecule has 10 aromatic carbocycles. The quantitative estimate of drug-likeness (QED) is 0.160. The maximum absolute atomic E-state index is 4.84. The molecule has 6 nitrogen and oxygen atoms in total.